The molecule has 0 atom stereocenters. The van der Waals surface area contributed by atoms with Crippen LogP contribution in [-0.2, 0) is 4.79 Å². The van der Waals surface area contributed by atoms with E-state index in [-0.39, 0.29) is 5.91 Å². The summed E-state index contributed by atoms with van der Waals surface area (Å²) in [6.45, 7) is 10.9. The SMILES string of the molecule is CC(=O)N1CCN(c2cc(Cl)c(C)c(Cl)c2)CC1.CCC. The summed E-state index contributed by atoms with van der Waals surface area (Å²) in [6, 6.07) is 3.87. The van der Waals surface area contributed by atoms with Crippen LogP contribution in [0.4, 0.5) is 5.69 Å². The molecule has 0 radical (unpaired) electrons. The highest BCUT2D eigenvalue weighted by atomic mass is 35.5. The Kier molecular flexibility index (Phi) is 7.33. The zero-order valence-electron chi connectivity index (χ0n) is 13.2. The van der Waals surface area contributed by atoms with Gasteiger partial charge >= 0.3 is 0 Å². The Morgan fingerprint density at radius 3 is 1.90 bits per heavy atom. The second-order valence-electron chi connectivity index (χ2n) is 5.23. The lowest BCUT2D eigenvalue weighted by atomic mass is 10.2. The number of hydrogen-bond donors (Lipinski definition) is 0. The third kappa shape index (κ3) is 5.08. The second-order valence-corrected chi connectivity index (χ2v) is 6.05. The van der Waals surface area contributed by atoms with Gasteiger partial charge in [-0.2, -0.15) is 0 Å². The van der Waals surface area contributed by atoms with Crippen molar-refractivity contribution in [2.24, 2.45) is 0 Å². The van der Waals surface area contributed by atoms with Gasteiger partial charge in [0.1, 0.15) is 0 Å². The molecule has 0 bridgehead atoms. The third-order valence-electron chi connectivity index (χ3n) is 3.36. The van der Waals surface area contributed by atoms with E-state index >= 15 is 0 Å². The fourth-order valence-corrected chi connectivity index (χ4v) is 2.57. The van der Waals surface area contributed by atoms with Gasteiger partial charge in [-0.3, -0.25) is 4.79 Å². The lowest BCUT2D eigenvalue weighted by Crippen LogP contribution is -2.48. The second kappa shape index (κ2) is 8.50. The molecule has 0 saturated carbocycles. The van der Waals surface area contributed by atoms with Crippen LogP contribution in [0.1, 0.15) is 32.8 Å². The average Bonchev–Trinajstić information content (AvgIpc) is 2.45. The molecule has 21 heavy (non-hydrogen) atoms. The highest BCUT2D eigenvalue weighted by molar-refractivity contribution is 6.36. The third-order valence-corrected chi connectivity index (χ3v) is 4.14. The first-order valence-electron chi connectivity index (χ1n) is 7.36. The van der Waals surface area contributed by atoms with Gasteiger partial charge in [0.25, 0.3) is 0 Å². The average molecular weight is 331 g/mol. The summed E-state index contributed by atoms with van der Waals surface area (Å²) in [5.41, 5.74) is 1.93. The normalized spacial score (nSPS) is 14.6. The van der Waals surface area contributed by atoms with Gasteiger partial charge in [0, 0.05) is 48.8 Å². The van der Waals surface area contributed by atoms with E-state index in [2.05, 4.69) is 18.7 Å². The number of carbonyl (C=O) groups is 1. The van der Waals surface area contributed by atoms with Crippen molar-refractivity contribution in [1.29, 1.82) is 0 Å². The fraction of sp³-hybridized carbons (Fsp3) is 0.562. The van der Waals surface area contributed by atoms with E-state index < -0.39 is 0 Å². The summed E-state index contributed by atoms with van der Waals surface area (Å²) in [7, 11) is 0. The summed E-state index contributed by atoms with van der Waals surface area (Å²) in [5.74, 6) is 0.134. The van der Waals surface area contributed by atoms with Crippen LogP contribution in [0.2, 0.25) is 10.0 Å². The van der Waals surface area contributed by atoms with Gasteiger partial charge in [-0.05, 0) is 24.6 Å². The fourth-order valence-electron chi connectivity index (χ4n) is 2.09. The van der Waals surface area contributed by atoms with Crippen LogP contribution in [0.25, 0.3) is 0 Å². The molecule has 0 spiro atoms. The van der Waals surface area contributed by atoms with Crippen LogP contribution >= 0.6 is 23.2 Å². The van der Waals surface area contributed by atoms with Crippen molar-refractivity contribution in [3.63, 3.8) is 0 Å². The van der Waals surface area contributed by atoms with E-state index in [4.69, 9.17) is 23.2 Å². The number of piperazine rings is 1. The quantitative estimate of drug-likeness (QED) is 0.762. The van der Waals surface area contributed by atoms with Crippen molar-refractivity contribution in [3.05, 3.63) is 27.7 Å². The summed E-state index contributed by atoms with van der Waals surface area (Å²) in [4.78, 5) is 15.3. The molecule has 0 aliphatic carbocycles. The van der Waals surface area contributed by atoms with Crippen molar-refractivity contribution in [2.45, 2.75) is 34.1 Å². The molecule has 0 N–H and O–H groups in total. The molecule has 1 aliphatic rings. The zero-order chi connectivity index (χ0) is 16.0. The molecular formula is C16H24Cl2N2O. The summed E-state index contributed by atoms with van der Waals surface area (Å²) >= 11 is 12.3. The predicted octanol–water partition coefficient (Wildman–Crippen LogP) is 4.39. The molecule has 1 amide bonds. The van der Waals surface area contributed by atoms with Crippen LogP contribution in [0, 0.1) is 6.92 Å². The van der Waals surface area contributed by atoms with E-state index in [9.17, 15) is 4.79 Å². The molecule has 3 nitrogen and oxygen atoms in total. The lowest BCUT2D eigenvalue weighted by Gasteiger charge is -2.35. The van der Waals surface area contributed by atoms with E-state index in [0.29, 0.717) is 10.0 Å². The maximum absolute atomic E-state index is 11.3. The van der Waals surface area contributed by atoms with Gasteiger partial charge in [-0.1, -0.05) is 43.5 Å². The lowest BCUT2D eigenvalue weighted by molar-refractivity contribution is -0.129. The largest absolute Gasteiger partial charge is 0.368 e. The molecule has 1 aliphatic heterocycles. The molecule has 2 rings (SSSR count). The summed E-state index contributed by atoms with van der Waals surface area (Å²) in [6.07, 6.45) is 1.25. The minimum absolute atomic E-state index is 0.134. The summed E-state index contributed by atoms with van der Waals surface area (Å²) < 4.78 is 0. The highest BCUT2D eigenvalue weighted by Crippen LogP contribution is 2.30. The van der Waals surface area contributed by atoms with Crippen molar-refractivity contribution < 1.29 is 4.79 Å². The van der Waals surface area contributed by atoms with Crippen molar-refractivity contribution >= 4 is 34.8 Å². The number of halogens is 2. The Balaban J connectivity index is 0.000000677. The number of nitrogens with zero attached hydrogens (tertiary/aromatic N) is 2. The number of benzene rings is 1. The monoisotopic (exact) mass is 330 g/mol. The van der Waals surface area contributed by atoms with Gasteiger partial charge in [0.15, 0.2) is 0 Å². The summed E-state index contributed by atoms with van der Waals surface area (Å²) in [5, 5.41) is 1.37. The van der Waals surface area contributed by atoms with Crippen LogP contribution in [0.3, 0.4) is 0 Å². The molecule has 1 fully saturated rings. The Bertz CT molecular complexity index is 460. The van der Waals surface area contributed by atoms with Crippen molar-refractivity contribution in [1.82, 2.24) is 4.90 Å². The molecule has 1 heterocycles. The zero-order valence-corrected chi connectivity index (χ0v) is 14.8. The number of rotatable bonds is 1. The number of anilines is 1. The highest BCUT2D eigenvalue weighted by Gasteiger charge is 2.19. The van der Waals surface area contributed by atoms with Crippen molar-refractivity contribution in [3.8, 4) is 0 Å². The van der Waals surface area contributed by atoms with Crippen LogP contribution in [0.5, 0.6) is 0 Å². The van der Waals surface area contributed by atoms with Crippen molar-refractivity contribution in [2.75, 3.05) is 31.1 Å². The van der Waals surface area contributed by atoms with Crippen LogP contribution in [0.15, 0.2) is 12.1 Å². The predicted molar refractivity (Wildman–Crippen MR) is 91.6 cm³/mol. The minimum atomic E-state index is 0.134. The number of amides is 1. The topological polar surface area (TPSA) is 23.6 Å². The molecule has 1 saturated heterocycles. The standard InChI is InChI=1S/C13H16Cl2N2O.C3H8/c1-9-12(14)7-11(8-13(9)15)17-5-3-16(4-6-17)10(2)18;1-3-2/h7-8H,3-6H2,1-2H3;3H2,1-2H3. The molecule has 0 aromatic heterocycles. The van der Waals surface area contributed by atoms with E-state index in [1.165, 1.54) is 6.42 Å². The van der Waals surface area contributed by atoms with Crippen LogP contribution < -0.4 is 4.90 Å². The molecular weight excluding hydrogens is 307 g/mol. The minimum Gasteiger partial charge on any atom is -0.368 e. The Morgan fingerprint density at radius 1 is 1.10 bits per heavy atom. The van der Waals surface area contributed by atoms with E-state index in [1.54, 1.807) is 6.92 Å². The molecule has 5 heteroatoms. The van der Waals surface area contributed by atoms with Gasteiger partial charge in [0.05, 0.1) is 0 Å². The van der Waals surface area contributed by atoms with Gasteiger partial charge in [-0.15, -0.1) is 0 Å². The number of hydrogen-bond acceptors (Lipinski definition) is 2. The van der Waals surface area contributed by atoms with E-state index in [0.717, 1.165) is 37.4 Å². The smallest absolute Gasteiger partial charge is 0.219 e. The Morgan fingerprint density at radius 2 is 1.52 bits per heavy atom. The maximum Gasteiger partial charge on any atom is 0.219 e. The molecule has 0 unspecified atom stereocenters. The molecule has 1 aromatic carbocycles. The Labute approximate surface area is 137 Å². The number of carbonyl (C=O) groups excluding carboxylic acids is 1. The Hall–Kier alpha value is -0.930. The van der Waals surface area contributed by atoms with Gasteiger partial charge in [-0.25, -0.2) is 0 Å². The maximum atomic E-state index is 11.3. The first kappa shape index (κ1) is 18.1. The van der Waals surface area contributed by atoms with E-state index in [1.807, 2.05) is 24.0 Å². The molecule has 1 aromatic rings. The van der Waals surface area contributed by atoms with Crippen LogP contribution in [-0.4, -0.2) is 37.0 Å². The van der Waals surface area contributed by atoms with Gasteiger partial charge < -0.3 is 9.80 Å². The first-order valence-corrected chi connectivity index (χ1v) is 8.12. The molecule has 118 valence electrons. The first-order chi connectivity index (χ1) is 9.90. The van der Waals surface area contributed by atoms with Gasteiger partial charge in [0.2, 0.25) is 5.91 Å².